The van der Waals surface area contributed by atoms with Crippen molar-refractivity contribution in [2.45, 2.75) is 6.54 Å². The van der Waals surface area contributed by atoms with Gasteiger partial charge >= 0.3 is 0 Å². The first-order valence-corrected chi connectivity index (χ1v) is 5.83. The lowest BCUT2D eigenvalue weighted by atomic mass is 10.2. The maximum Gasteiger partial charge on any atom is 0.156 e. The van der Waals surface area contributed by atoms with Gasteiger partial charge in [0.2, 0.25) is 0 Å². The summed E-state index contributed by atoms with van der Waals surface area (Å²) in [6.07, 6.45) is 3.58. The molecule has 0 aliphatic rings. The summed E-state index contributed by atoms with van der Waals surface area (Å²) in [5, 5.41) is 5.94. The fourth-order valence-electron chi connectivity index (χ4n) is 1.85. The zero-order valence-electron chi connectivity index (χ0n) is 8.73. The van der Waals surface area contributed by atoms with E-state index >= 15 is 0 Å². The maximum atomic E-state index is 6.12. The van der Waals surface area contributed by atoms with Gasteiger partial charge in [-0.05, 0) is 18.2 Å². The van der Waals surface area contributed by atoms with Gasteiger partial charge in [-0.25, -0.2) is 0 Å². The number of nitrogens with zero attached hydrogens (tertiary/aromatic N) is 2. The van der Waals surface area contributed by atoms with Gasteiger partial charge in [0.15, 0.2) is 5.76 Å². The summed E-state index contributed by atoms with van der Waals surface area (Å²) in [5.41, 5.74) is 0.985. The Morgan fingerprint density at radius 2 is 2.12 bits per heavy atom. The Morgan fingerprint density at radius 3 is 2.88 bits per heavy atom. The van der Waals surface area contributed by atoms with Gasteiger partial charge in [0.25, 0.3) is 0 Å². The second kappa shape index (κ2) is 4.09. The lowest BCUT2D eigenvalue weighted by Crippen LogP contribution is -1.96. The van der Waals surface area contributed by atoms with Crippen LogP contribution in [0.15, 0.2) is 41.2 Å². The molecule has 86 valence electrons. The smallest absolute Gasteiger partial charge is 0.156 e. The summed E-state index contributed by atoms with van der Waals surface area (Å²) in [6, 6.07) is 7.42. The zero-order chi connectivity index (χ0) is 11.8. The van der Waals surface area contributed by atoms with Crippen LogP contribution >= 0.6 is 23.2 Å². The molecule has 0 saturated heterocycles. The fourth-order valence-corrected chi connectivity index (χ4v) is 2.39. The molecule has 0 fully saturated rings. The monoisotopic (exact) mass is 266 g/mol. The SMILES string of the molecule is Clc1cc(Cl)c2ccn(Cc3ccno3)c2c1. The van der Waals surface area contributed by atoms with Gasteiger partial charge in [-0.3, -0.25) is 0 Å². The van der Waals surface area contributed by atoms with Gasteiger partial charge in [0.1, 0.15) is 0 Å². The molecule has 3 nitrogen and oxygen atoms in total. The van der Waals surface area contributed by atoms with E-state index in [1.54, 1.807) is 12.3 Å². The molecular weight excluding hydrogens is 259 g/mol. The van der Waals surface area contributed by atoms with Crippen molar-refractivity contribution in [1.82, 2.24) is 9.72 Å². The average molecular weight is 267 g/mol. The molecule has 0 bridgehead atoms. The van der Waals surface area contributed by atoms with Crippen LogP contribution in [0, 0.1) is 0 Å². The highest BCUT2D eigenvalue weighted by Crippen LogP contribution is 2.29. The lowest BCUT2D eigenvalue weighted by Gasteiger charge is -2.03. The molecule has 0 aliphatic carbocycles. The van der Waals surface area contributed by atoms with Gasteiger partial charge in [0.05, 0.1) is 23.3 Å². The minimum atomic E-state index is 0.611. The van der Waals surface area contributed by atoms with Crippen molar-refractivity contribution < 1.29 is 4.52 Å². The maximum absolute atomic E-state index is 6.12. The number of aromatic nitrogens is 2. The Kier molecular flexibility index (Phi) is 2.57. The number of fused-ring (bicyclic) bond motifs is 1. The molecule has 3 aromatic rings. The molecule has 0 spiro atoms. The molecule has 3 rings (SSSR count). The summed E-state index contributed by atoms with van der Waals surface area (Å²) in [6.45, 7) is 0.611. The van der Waals surface area contributed by atoms with Crippen molar-refractivity contribution in [2.75, 3.05) is 0 Å². The van der Waals surface area contributed by atoms with E-state index in [1.165, 1.54) is 0 Å². The molecule has 1 aromatic carbocycles. The highest BCUT2D eigenvalue weighted by molar-refractivity contribution is 6.38. The van der Waals surface area contributed by atoms with Gasteiger partial charge in [-0.1, -0.05) is 28.4 Å². The summed E-state index contributed by atoms with van der Waals surface area (Å²) in [4.78, 5) is 0. The summed E-state index contributed by atoms with van der Waals surface area (Å²) >= 11 is 12.1. The Bertz CT molecular complexity index is 659. The molecule has 0 N–H and O–H groups in total. The molecule has 0 radical (unpaired) electrons. The second-order valence-electron chi connectivity index (χ2n) is 3.74. The Balaban J connectivity index is 2.11. The van der Waals surface area contributed by atoms with Crippen LogP contribution in [-0.2, 0) is 6.54 Å². The molecule has 0 amide bonds. The van der Waals surface area contributed by atoms with E-state index in [0.29, 0.717) is 16.6 Å². The van der Waals surface area contributed by atoms with Crippen LogP contribution in [0.3, 0.4) is 0 Å². The van der Waals surface area contributed by atoms with Gasteiger partial charge in [0, 0.05) is 22.7 Å². The topological polar surface area (TPSA) is 31.0 Å². The molecule has 0 atom stereocenters. The third-order valence-electron chi connectivity index (χ3n) is 2.62. The molecule has 17 heavy (non-hydrogen) atoms. The van der Waals surface area contributed by atoms with Crippen molar-refractivity contribution in [3.63, 3.8) is 0 Å². The van der Waals surface area contributed by atoms with Crippen LogP contribution in [0.2, 0.25) is 10.0 Å². The van der Waals surface area contributed by atoms with Gasteiger partial charge < -0.3 is 9.09 Å². The van der Waals surface area contributed by atoms with Crippen molar-refractivity contribution in [3.8, 4) is 0 Å². The quantitative estimate of drug-likeness (QED) is 0.703. The number of rotatable bonds is 2. The van der Waals surface area contributed by atoms with Crippen molar-refractivity contribution in [1.29, 1.82) is 0 Å². The van der Waals surface area contributed by atoms with Crippen LogP contribution in [0.5, 0.6) is 0 Å². The Hall–Kier alpha value is -1.45. The molecule has 0 aliphatic heterocycles. The van der Waals surface area contributed by atoms with Crippen LogP contribution in [0.25, 0.3) is 10.9 Å². The molecular formula is C12H8Cl2N2O. The normalized spacial score (nSPS) is 11.2. The molecule has 2 aromatic heterocycles. The third-order valence-corrected chi connectivity index (χ3v) is 3.15. The predicted molar refractivity (Wildman–Crippen MR) is 67.6 cm³/mol. The molecule has 5 heteroatoms. The van der Waals surface area contributed by atoms with E-state index in [2.05, 4.69) is 5.16 Å². The number of benzene rings is 1. The van der Waals surface area contributed by atoms with Gasteiger partial charge in [-0.2, -0.15) is 0 Å². The molecule has 0 unspecified atom stereocenters. The van der Waals surface area contributed by atoms with E-state index < -0.39 is 0 Å². The number of hydrogen-bond acceptors (Lipinski definition) is 2. The van der Waals surface area contributed by atoms with Crippen LogP contribution in [-0.4, -0.2) is 9.72 Å². The van der Waals surface area contributed by atoms with E-state index in [0.717, 1.165) is 16.7 Å². The van der Waals surface area contributed by atoms with E-state index in [4.69, 9.17) is 27.7 Å². The number of hydrogen-bond donors (Lipinski definition) is 0. The van der Waals surface area contributed by atoms with Gasteiger partial charge in [-0.15, -0.1) is 0 Å². The first kappa shape index (κ1) is 10.7. The Labute approximate surface area is 108 Å². The largest absolute Gasteiger partial charge is 0.359 e. The second-order valence-corrected chi connectivity index (χ2v) is 4.59. The summed E-state index contributed by atoms with van der Waals surface area (Å²) in [7, 11) is 0. The lowest BCUT2D eigenvalue weighted by molar-refractivity contribution is 0.378. The highest BCUT2D eigenvalue weighted by atomic mass is 35.5. The summed E-state index contributed by atoms with van der Waals surface area (Å²) < 4.78 is 7.10. The highest BCUT2D eigenvalue weighted by Gasteiger charge is 2.08. The molecule has 2 heterocycles. The standard InChI is InChI=1S/C12H8Cl2N2O/c13-8-5-11(14)10-2-4-16(12(10)6-8)7-9-1-3-15-17-9/h1-6H,7H2. The Morgan fingerprint density at radius 1 is 1.24 bits per heavy atom. The van der Waals surface area contributed by atoms with Crippen LogP contribution < -0.4 is 0 Å². The van der Waals surface area contributed by atoms with E-state index in [-0.39, 0.29) is 0 Å². The minimum Gasteiger partial charge on any atom is -0.359 e. The van der Waals surface area contributed by atoms with Crippen LogP contribution in [0.1, 0.15) is 5.76 Å². The van der Waals surface area contributed by atoms with Crippen molar-refractivity contribution >= 4 is 34.1 Å². The fraction of sp³-hybridized carbons (Fsp3) is 0.0833. The van der Waals surface area contributed by atoms with E-state index in [1.807, 2.05) is 29.0 Å². The van der Waals surface area contributed by atoms with E-state index in [9.17, 15) is 0 Å². The number of halogens is 2. The summed E-state index contributed by atoms with van der Waals surface area (Å²) in [5.74, 6) is 0.790. The first-order valence-electron chi connectivity index (χ1n) is 5.07. The van der Waals surface area contributed by atoms with Crippen LogP contribution in [0.4, 0.5) is 0 Å². The average Bonchev–Trinajstić information content (AvgIpc) is 2.89. The molecule has 0 saturated carbocycles. The third kappa shape index (κ3) is 1.92. The predicted octanol–water partition coefficient (Wildman–Crippen LogP) is 3.98. The zero-order valence-corrected chi connectivity index (χ0v) is 10.2. The minimum absolute atomic E-state index is 0.611. The van der Waals surface area contributed by atoms with Crippen molar-refractivity contribution in [2.24, 2.45) is 0 Å². The first-order chi connectivity index (χ1) is 8.24. The van der Waals surface area contributed by atoms with Crippen molar-refractivity contribution in [3.05, 3.63) is 52.5 Å².